The van der Waals surface area contributed by atoms with Gasteiger partial charge in [-0.2, -0.15) is 0 Å². The molecule has 1 unspecified atom stereocenters. The molecule has 38 heavy (non-hydrogen) atoms. The van der Waals surface area contributed by atoms with Crippen molar-refractivity contribution >= 4 is 34.9 Å². The number of amides is 3. The molecule has 192 valence electrons. The summed E-state index contributed by atoms with van der Waals surface area (Å²) in [5, 5.41) is 3.66. The van der Waals surface area contributed by atoms with E-state index in [4.69, 9.17) is 11.6 Å². The molecule has 4 aromatic rings. The van der Waals surface area contributed by atoms with Crippen LogP contribution in [0.1, 0.15) is 42.6 Å². The summed E-state index contributed by atoms with van der Waals surface area (Å²) < 4.78 is 2.13. The zero-order chi connectivity index (χ0) is 26.2. The molecule has 1 atom stereocenters. The Morgan fingerprint density at radius 2 is 1.71 bits per heavy atom. The molecule has 0 radical (unpaired) electrons. The molecule has 0 spiro atoms. The van der Waals surface area contributed by atoms with Gasteiger partial charge >= 0.3 is 6.03 Å². The normalized spacial score (nSPS) is 15.9. The number of urea groups is 1. The highest BCUT2D eigenvalue weighted by Gasteiger charge is 2.40. The van der Waals surface area contributed by atoms with Gasteiger partial charge in [0.1, 0.15) is 12.6 Å². The van der Waals surface area contributed by atoms with Crippen molar-refractivity contribution in [3.05, 3.63) is 113 Å². The lowest BCUT2D eigenvalue weighted by molar-refractivity contribution is -0.119. The summed E-state index contributed by atoms with van der Waals surface area (Å²) in [4.78, 5) is 31.2. The quantitative estimate of drug-likeness (QED) is 0.300. The predicted octanol–water partition coefficient (Wildman–Crippen LogP) is 6.83. The Morgan fingerprint density at radius 3 is 2.45 bits per heavy atom. The summed E-state index contributed by atoms with van der Waals surface area (Å²) >= 11 is 6.20. The lowest BCUT2D eigenvalue weighted by atomic mass is 9.97. The number of anilines is 2. The Kier molecular flexibility index (Phi) is 6.42. The van der Waals surface area contributed by atoms with Gasteiger partial charge in [-0.3, -0.25) is 9.69 Å². The number of nitrogens with zero attached hydrogens (tertiary/aromatic N) is 3. The Labute approximate surface area is 227 Å². The largest absolute Gasteiger partial charge is 0.322 e. The van der Waals surface area contributed by atoms with E-state index < -0.39 is 0 Å². The molecule has 2 aliphatic rings. The number of para-hydroxylation sites is 2. The van der Waals surface area contributed by atoms with Crippen LogP contribution >= 0.6 is 11.6 Å². The van der Waals surface area contributed by atoms with Gasteiger partial charge in [-0.25, -0.2) is 4.79 Å². The number of carbonyl (C=O) groups is 2. The number of hydrogen-bond donors (Lipinski definition) is 1. The van der Waals surface area contributed by atoms with Gasteiger partial charge < -0.3 is 14.8 Å². The van der Waals surface area contributed by atoms with E-state index in [1.54, 1.807) is 4.90 Å². The molecule has 6 nitrogen and oxygen atoms in total. The van der Waals surface area contributed by atoms with Crippen molar-refractivity contribution in [1.82, 2.24) is 9.47 Å². The van der Waals surface area contributed by atoms with Gasteiger partial charge in [-0.15, -0.1) is 0 Å². The first kappa shape index (κ1) is 24.3. The summed E-state index contributed by atoms with van der Waals surface area (Å²) in [7, 11) is 0. The molecule has 3 amide bonds. The third-order valence-corrected chi connectivity index (χ3v) is 7.57. The van der Waals surface area contributed by atoms with Crippen molar-refractivity contribution in [2.24, 2.45) is 0 Å². The number of benzene rings is 3. The molecule has 2 heterocycles. The molecule has 1 aliphatic carbocycles. The maximum absolute atomic E-state index is 14.2. The van der Waals surface area contributed by atoms with E-state index in [0.717, 1.165) is 53.1 Å². The fraction of sp³-hybridized carbons (Fsp3) is 0.226. The highest BCUT2D eigenvalue weighted by Crippen LogP contribution is 2.42. The van der Waals surface area contributed by atoms with Gasteiger partial charge in [0.05, 0.1) is 17.1 Å². The van der Waals surface area contributed by atoms with Gasteiger partial charge in [0.2, 0.25) is 5.91 Å². The van der Waals surface area contributed by atoms with E-state index >= 15 is 0 Å². The summed E-state index contributed by atoms with van der Waals surface area (Å²) in [6.45, 7) is 2.07. The molecule has 1 N–H and O–H groups in total. The summed E-state index contributed by atoms with van der Waals surface area (Å²) in [6, 6.07) is 26.9. The first-order chi connectivity index (χ1) is 18.5. The van der Waals surface area contributed by atoms with Crippen molar-refractivity contribution in [3.63, 3.8) is 0 Å². The number of nitrogens with one attached hydrogen (secondary N) is 1. The van der Waals surface area contributed by atoms with Crippen LogP contribution in [0.25, 0.3) is 5.69 Å². The third kappa shape index (κ3) is 4.56. The maximum Gasteiger partial charge on any atom is 0.322 e. The molecule has 0 bridgehead atoms. The Morgan fingerprint density at radius 1 is 0.947 bits per heavy atom. The minimum atomic E-state index is -0.352. The third-order valence-electron chi connectivity index (χ3n) is 7.31. The zero-order valence-corrected chi connectivity index (χ0v) is 21.9. The number of rotatable bonds is 6. The second-order valence-corrected chi connectivity index (χ2v) is 10.3. The summed E-state index contributed by atoms with van der Waals surface area (Å²) in [5.74, 6) is -0.130. The lowest BCUT2D eigenvalue weighted by Gasteiger charge is -2.39. The van der Waals surface area contributed by atoms with Crippen LogP contribution in [-0.2, 0) is 11.2 Å². The molecule has 7 heteroatoms. The SMILES string of the molecule is CCc1cccc(NC(=O)N(CC(=O)N2c3ccccc3-n3cccc3C2c2ccc(Cl)cc2)C2CC2)c1. The van der Waals surface area contributed by atoms with Crippen LogP contribution in [0.4, 0.5) is 16.2 Å². The van der Waals surface area contributed by atoms with E-state index in [1.165, 1.54) is 0 Å². The zero-order valence-electron chi connectivity index (χ0n) is 21.2. The number of halogens is 1. The van der Waals surface area contributed by atoms with Crippen molar-refractivity contribution < 1.29 is 9.59 Å². The van der Waals surface area contributed by atoms with Crippen LogP contribution in [0, 0.1) is 0 Å². The van der Waals surface area contributed by atoms with Gasteiger partial charge in [0, 0.05) is 22.9 Å². The van der Waals surface area contributed by atoms with Crippen molar-refractivity contribution in [2.75, 3.05) is 16.8 Å². The molecular formula is C31H29ClN4O2. The van der Waals surface area contributed by atoms with Crippen molar-refractivity contribution in [2.45, 2.75) is 38.3 Å². The molecule has 1 fully saturated rings. The molecule has 1 aromatic heterocycles. The molecule has 1 aliphatic heterocycles. The number of hydrogen-bond acceptors (Lipinski definition) is 2. The molecule has 1 saturated carbocycles. The Bertz CT molecular complexity index is 1490. The highest BCUT2D eigenvalue weighted by atomic mass is 35.5. The number of carbonyl (C=O) groups excluding carboxylic acids is 2. The van der Waals surface area contributed by atoms with E-state index in [-0.39, 0.29) is 30.6 Å². The van der Waals surface area contributed by atoms with Crippen LogP contribution in [-0.4, -0.2) is 34.0 Å². The van der Waals surface area contributed by atoms with Crippen LogP contribution < -0.4 is 10.2 Å². The molecule has 3 aromatic carbocycles. The molecular weight excluding hydrogens is 496 g/mol. The number of aromatic nitrogens is 1. The summed E-state index contributed by atoms with van der Waals surface area (Å²) in [5.41, 5.74) is 5.58. The maximum atomic E-state index is 14.2. The van der Waals surface area contributed by atoms with Crippen LogP contribution in [0.2, 0.25) is 5.02 Å². The van der Waals surface area contributed by atoms with Crippen molar-refractivity contribution in [3.8, 4) is 5.69 Å². The molecule has 6 rings (SSSR count). The second kappa shape index (κ2) is 10.0. The van der Waals surface area contributed by atoms with Gasteiger partial charge in [-0.1, -0.05) is 54.9 Å². The van der Waals surface area contributed by atoms with E-state index in [0.29, 0.717) is 5.02 Å². The number of fused-ring (bicyclic) bond motifs is 3. The van der Waals surface area contributed by atoms with E-state index in [2.05, 4.69) is 16.8 Å². The monoisotopic (exact) mass is 524 g/mol. The van der Waals surface area contributed by atoms with Gasteiger partial charge in [-0.05, 0) is 78.9 Å². The van der Waals surface area contributed by atoms with Crippen LogP contribution in [0.5, 0.6) is 0 Å². The number of aryl methyl sites for hydroxylation is 1. The van der Waals surface area contributed by atoms with Gasteiger partial charge in [0.15, 0.2) is 0 Å². The minimum absolute atomic E-state index is 0.0108. The Hall–Kier alpha value is -4.03. The van der Waals surface area contributed by atoms with Crippen LogP contribution in [0.3, 0.4) is 0 Å². The van der Waals surface area contributed by atoms with E-state index in [9.17, 15) is 9.59 Å². The van der Waals surface area contributed by atoms with Gasteiger partial charge in [0.25, 0.3) is 0 Å². The van der Waals surface area contributed by atoms with Crippen LogP contribution in [0.15, 0.2) is 91.1 Å². The summed E-state index contributed by atoms with van der Waals surface area (Å²) in [6.07, 6.45) is 4.70. The average Bonchev–Trinajstić information content (AvgIpc) is 3.66. The Balaban J connectivity index is 1.34. The lowest BCUT2D eigenvalue weighted by Crippen LogP contribution is -2.48. The van der Waals surface area contributed by atoms with Crippen molar-refractivity contribution in [1.29, 1.82) is 0 Å². The topological polar surface area (TPSA) is 57.6 Å². The first-order valence-corrected chi connectivity index (χ1v) is 13.4. The predicted molar refractivity (Wildman–Crippen MR) is 151 cm³/mol. The highest BCUT2D eigenvalue weighted by molar-refractivity contribution is 6.30. The fourth-order valence-corrected chi connectivity index (χ4v) is 5.39. The standard InChI is InChI=1S/C31H29ClN4O2/c1-2-21-7-5-8-24(19-21)33-31(38)35(25-16-17-25)20-29(37)36-27-10-4-3-9-26(27)34-18-6-11-28(34)30(36)22-12-14-23(32)15-13-22/h3-15,18-19,25,30H,2,16-17,20H2,1H3,(H,33,38). The first-order valence-electron chi connectivity index (χ1n) is 13.0. The second-order valence-electron chi connectivity index (χ2n) is 9.85. The minimum Gasteiger partial charge on any atom is -0.316 e. The average molecular weight is 525 g/mol. The fourth-order valence-electron chi connectivity index (χ4n) is 5.26. The van der Waals surface area contributed by atoms with E-state index in [1.807, 2.05) is 96.0 Å². The molecule has 0 saturated heterocycles. The smallest absolute Gasteiger partial charge is 0.316 e.